The molecule has 0 bridgehead atoms. The zero-order valence-electron chi connectivity index (χ0n) is 13.4. The first kappa shape index (κ1) is 15.2. The summed E-state index contributed by atoms with van der Waals surface area (Å²) in [5.41, 5.74) is -1.90. The molecule has 26 heavy (non-hydrogen) atoms. The van der Waals surface area contributed by atoms with Crippen LogP contribution in [0.15, 0.2) is 32.6 Å². The summed E-state index contributed by atoms with van der Waals surface area (Å²) in [6.07, 6.45) is 3.50. The number of aromatic amines is 2. The molecule has 5 rings (SSSR count). The van der Waals surface area contributed by atoms with Crippen LogP contribution in [0.3, 0.4) is 0 Å². The number of hydrogen-bond acceptors (Lipinski definition) is 6. The highest BCUT2D eigenvalue weighted by Gasteiger charge is 2.67. The Kier molecular flexibility index (Phi) is 2.80. The quantitative estimate of drug-likeness (QED) is 0.716. The van der Waals surface area contributed by atoms with Crippen LogP contribution in [0.4, 0.5) is 14.6 Å². The minimum Gasteiger partial charge on any atom is -0.437 e. The second kappa shape index (κ2) is 4.77. The molecule has 1 saturated carbocycles. The predicted molar refractivity (Wildman–Crippen MR) is 87.3 cm³/mol. The van der Waals surface area contributed by atoms with Crippen LogP contribution in [0.1, 0.15) is 12.8 Å². The van der Waals surface area contributed by atoms with Gasteiger partial charge in [0, 0.05) is 12.7 Å². The van der Waals surface area contributed by atoms with Crippen molar-refractivity contribution in [2.24, 2.45) is 5.41 Å². The van der Waals surface area contributed by atoms with E-state index in [0.29, 0.717) is 24.0 Å². The second-order valence-corrected chi connectivity index (χ2v) is 6.85. The summed E-state index contributed by atoms with van der Waals surface area (Å²) < 4.78 is 34.2. The molecule has 2 aliphatic rings. The summed E-state index contributed by atoms with van der Waals surface area (Å²) in [4.78, 5) is 37.3. The topological polar surface area (TPSA) is 108 Å². The Bertz CT molecular complexity index is 1140. The van der Waals surface area contributed by atoms with Crippen molar-refractivity contribution in [3.8, 4) is 11.3 Å². The number of rotatable bonds is 2. The van der Waals surface area contributed by atoms with E-state index in [0.717, 1.165) is 0 Å². The number of aromatic nitrogens is 4. The van der Waals surface area contributed by atoms with Gasteiger partial charge in [-0.15, -0.1) is 0 Å². The maximum atomic E-state index is 14.3. The molecule has 0 atom stereocenters. The number of furan rings is 1. The third kappa shape index (κ3) is 2.04. The van der Waals surface area contributed by atoms with Gasteiger partial charge in [-0.2, -0.15) is 0 Å². The van der Waals surface area contributed by atoms with E-state index in [1.165, 1.54) is 18.6 Å². The van der Waals surface area contributed by atoms with Crippen molar-refractivity contribution in [3.05, 3.63) is 39.4 Å². The molecular formula is C16H13F2N5O3. The van der Waals surface area contributed by atoms with Crippen LogP contribution >= 0.6 is 0 Å². The molecule has 1 spiro atoms. The lowest BCUT2D eigenvalue weighted by molar-refractivity contribution is -0.0334. The van der Waals surface area contributed by atoms with Gasteiger partial charge < -0.3 is 14.3 Å². The molecule has 0 amide bonds. The molecule has 2 N–H and O–H groups in total. The molecule has 4 heterocycles. The van der Waals surface area contributed by atoms with Gasteiger partial charge in [-0.05, 0) is 18.9 Å². The number of nitrogens with one attached hydrogen (secondary N) is 2. The van der Waals surface area contributed by atoms with Crippen LogP contribution < -0.4 is 16.1 Å². The van der Waals surface area contributed by atoms with Gasteiger partial charge in [0.15, 0.2) is 0 Å². The summed E-state index contributed by atoms with van der Waals surface area (Å²) in [5.74, 6) is -2.23. The van der Waals surface area contributed by atoms with Crippen molar-refractivity contribution in [1.29, 1.82) is 0 Å². The lowest BCUT2D eigenvalue weighted by Crippen LogP contribution is -2.28. The van der Waals surface area contributed by atoms with Crippen molar-refractivity contribution in [2.75, 3.05) is 18.0 Å². The van der Waals surface area contributed by atoms with E-state index in [4.69, 9.17) is 4.42 Å². The molecule has 3 aromatic heterocycles. The SMILES string of the molecule is O=c1[nH]cc(-c2cc3c(N4CC(F)(F)C5(CC5)C4)ncnc3o2)c(=O)[nH]1. The van der Waals surface area contributed by atoms with Crippen LogP contribution in [0, 0.1) is 5.41 Å². The Balaban J connectivity index is 1.61. The first-order valence-corrected chi connectivity index (χ1v) is 8.08. The van der Waals surface area contributed by atoms with Crippen molar-refractivity contribution in [2.45, 2.75) is 18.8 Å². The molecular weight excluding hydrogens is 348 g/mol. The Hall–Kier alpha value is -3.04. The van der Waals surface area contributed by atoms with Crippen molar-refractivity contribution >= 4 is 16.9 Å². The van der Waals surface area contributed by atoms with Crippen molar-refractivity contribution in [3.63, 3.8) is 0 Å². The van der Waals surface area contributed by atoms with Crippen molar-refractivity contribution < 1.29 is 13.2 Å². The maximum Gasteiger partial charge on any atom is 0.325 e. The van der Waals surface area contributed by atoms with Gasteiger partial charge in [0.1, 0.15) is 17.9 Å². The fraction of sp³-hybridized carbons (Fsp3) is 0.375. The van der Waals surface area contributed by atoms with Crippen LogP contribution in [-0.4, -0.2) is 38.9 Å². The zero-order valence-corrected chi connectivity index (χ0v) is 13.4. The summed E-state index contributed by atoms with van der Waals surface area (Å²) in [7, 11) is 0. The number of hydrogen-bond donors (Lipinski definition) is 2. The lowest BCUT2D eigenvalue weighted by atomic mass is 10.0. The molecule has 1 saturated heterocycles. The molecule has 1 aliphatic heterocycles. The van der Waals surface area contributed by atoms with Gasteiger partial charge in [-0.25, -0.2) is 23.5 Å². The first-order valence-electron chi connectivity index (χ1n) is 8.08. The highest BCUT2D eigenvalue weighted by atomic mass is 19.3. The number of alkyl halides is 2. The standard InChI is InChI=1S/C16H13F2N5O3/c17-16(18)6-23(5-15(16)1-2-15)11-8-3-10(26-13(8)21-7-20-11)9-4-19-14(25)22-12(9)24/h3-4,7H,1-2,5-6H2,(H2,19,22,24,25). The highest BCUT2D eigenvalue weighted by Crippen LogP contribution is 2.61. The molecule has 1 aliphatic carbocycles. The monoisotopic (exact) mass is 361 g/mol. The first-order chi connectivity index (χ1) is 12.4. The number of H-pyrrole nitrogens is 2. The summed E-state index contributed by atoms with van der Waals surface area (Å²) >= 11 is 0. The Morgan fingerprint density at radius 3 is 2.69 bits per heavy atom. The van der Waals surface area contributed by atoms with E-state index < -0.39 is 29.1 Å². The molecule has 134 valence electrons. The molecule has 0 radical (unpaired) electrons. The second-order valence-electron chi connectivity index (χ2n) is 6.85. The van der Waals surface area contributed by atoms with E-state index in [-0.39, 0.29) is 23.6 Å². The lowest BCUT2D eigenvalue weighted by Gasteiger charge is -2.16. The van der Waals surface area contributed by atoms with E-state index in [9.17, 15) is 18.4 Å². The largest absolute Gasteiger partial charge is 0.437 e. The molecule has 2 fully saturated rings. The molecule has 10 heteroatoms. The van der Waals surface area contributed by atoms with Gasteiger partial charge in [-0.3, -0.25) is 9.78 Å². The zero-order chi connectivity index (χ0) is 18.1. The van der Waals surface area contributed by atoms with E-state index in [1.807, 2.05) is 0 Å². The van der Waals surface area contributed by atoms with Gasteiger partial charge in [0.05, 0.1) is 22.9 Å². The van der Waals surface area contributed by atoms with Crippen molar-refractivity contribution in [1.82, 2.24) is 19.9 Å². The third-order valence-corrected chi connectivity index (χ3v) is 5.21. The molecule has 3 aromatic rings. The van der Waals surface area contributed by atoms with E-state index in [2.05, 4.69) is 19.9 Å². The number of fused-ring (bicyclic) bond motifs is 1. The van der Waals surface area contributed by atoms with E-state index >= 15 is 0 Å². The van der Waals surface area contributed by atoms with Crippen LogP contribution in [-0.2, 0) is 0 Å². The summed E-state index contributed by atoms with van der Waals surface area (Å²) in [5, 5.41) is 0.446. The normalized spacial score (nSPS) is 20.2. The molecule has 8 nitrogen and oxygen atoms in total. The number of nitrogens with zero attached hydrogens (tertiary/aromatic N) is 3. The minimum atomic E-state index is -2.76. The smallest absolute Gasteiger partial charge is 0.325 e. The Morgan fingerprint density at radius 2 is 2.00 bits per heavy atom. The molecule has 0 aromatic carbocycles. The average Bonchev–Trinajstić information content (AvgIpc) is 3.16. The third-order valence-electron chi connectivity index (χ3n) is 5.21. The average molecular weight is 361 g/mol. The van der Waals surface area contributed by atoms with Gasteiger partial charge >= 0.3 is 5.69 Å². The Labute approximate surface area is 143 Å². The number of anilines is 1. The van der Waals surface area contributed by atoms with Crippen LogP contribution in [0.5, 0.6) is 0 Å². The fourth-order valence-corrected chi connectivity index (χ4v) is 3.59. The van der Waals surface area contributed by atoms with Gasteiger partial charge in [0.2, 0.25) is 5.71 Å². The highest BCUT2D eigenvalue weighted by molar-refractivity contribution is 5.89. The summed E-state index contributed by atoms with van der Waals surface area (Å²) in [6.45, 7) is -0.176. The van der Waals surface area contributed by atoms with E-state index in [1.54, 1.807) is 4.90 Å². The fourth-order valence-electron chi connectivity index (χ4n) is 3.59. The summed E-state index contributed by atoms with van der Waals surface area (Å²) in [6, 6.07) is 1.53. The van der Waals surface area contributed by atoms with Gasteiger partial charge in [0.25, 0.3) is 11.5 Å². The van der Waals surface area contributed by atoms with Crippen LogP contribution in [0.2, 0.25) is 0 Å². The Morgan fingerprint density at radius 1 is 1.19 bits per heavy atom. The minimum absolute atomic E-state index is 0.110. The predicted octanol–water partition coefficient (Wildman–Crippen LogP) is 1.50. The van der Waals surface area contributed by atoms with Gasteiger partial charge in [-0.1, -0.05) is 0 Å². The molecule has 0 unspecified atom stereocenters. The maximum absolute atomic E-state index is 14.3. The number of halogens is 2. The van der Waals surface area contributed by atoms with Crippen LogP contribution in [0.25, 0.3) is 22.4 Å².